The summed E-state index contributed by atoms with van der Waals surface area (Å²) >= 11 is 0. The Morgan fingerprint density at radius 1 is 1.44 bits per heavy atom. The third-order valence-corrected chi connectivity index (χ3v) is 4.44. The first-order valence-corrected chi connectivity index (χ1v) is 6.69. The van der Waals surface area contributed by atoms with Crippen molar-refractivity contribution in [2.45, 2.75) is 32.6 Å². The molecular weight excluding hydrogens is 226 g/mol. The van der Waals surface area contributed by atoms with E-state index in [4.69, 9.17) is 5.11 Å². The van der Waals surface area contributed by atoms with Gasteiger partial charge in [0.2, 0.25) is 0 Å². The second-order valence-electron chi connectivity index (χ2n) is 5.83. The third kappa shape index (κ3) is 2.09. The van der Waals surface area contributed by atoms with E-state index in [2.05, 4.69) is 5.32 Å². The molecule has 3 nitrogen and oxygen atoms in total. The molecule has 0 aliphatic heterocycles. The van der Waals surface area contributed by atoms with Gasteiger partial charge in [0.15, 0.2) is 0 Å². The maximum Gasteiger partial charge on any atom is 0.335 e. The Morgan fingerprint density at radius 3 is 2.67 bits per heavy atom. The molecule has 18 heavy (non-hydrogen) atoms. The zero-order valence-corrected chi connectivity index (χ0v) is 10.7. The molecule has 0 saturated heterocycles. The molecule has 0 heterocycles. The third-order valence-electron chi connectivity index (χ3n) is 4.44. The minimum absolute atomic E-state index is 0.392. The van der Waals surface area contributed by atoms with Gasteiger partial charge < -0.3 is 10.4 Å². The Morgan fingerprint density at radius 2 is 2.17 bits per heavy atom. The molecule has 2 fully saturated rings. The molecule has 2 saturated carbocycles. The number of nitrogens with one attached hydrogen (secondary N) is 1. The molecule has 0 radical (unpaired) electrons. The fourth-order valence-corrected chi connectivity index (χ4v) is 2.88. The van der Waals surface area contributed by atoms with Gasteiger partial charge in [0.1, 0.15) is 0 Å². The van der Waals surface area contributed by atoms with Gasteiger partial charge in [0.25, 0.3) is 0 Å². The summed E-state index contributed by atoms with van der Waals surface area (Å²) in [4.78, 5) is 10.9. The maximum absolute atomic E-state index is 10.9. The van der Waals surface area contributed by atoms with Gasteiger partial charge in [-0.25, -0.2) is 4.79 Å². The summed E-state index contributed by atoms with van der Waals surface area (Å²) in [5, 5.41) is 12.5. The predicted octanol–water partition coefficient (Wildman–Crippen LogP) is 3.30. The van der Waals surface area contributed by atoms with Gasteiger partial charge >= 0.3 is 5.97 Å². The molecule has 0 unspecified atom stereocenters. The van der Waals surface area contributed by atoms with E-state index in [0.717, 1.165) is 23.7 Å². The number of rotatable bonds is 5. The van der Waals surface area contributed by atoms with E-state index in [1.165, 1.54) is 25.7 Å². The minimum Gasteiger partial charge on any atom is -0.478 e. The van der Waals surface area contributed by atoms with E-state index >= 15 is 0 Å². The highest BCUT2D eigenvalue weighted by Gasteiger charge is 2.53. The highest BCUT2D eigenvalue weighted by Crippen LogP contribution is 2.61. The first-order chi connectivity index (χ1) is 8.61. The first-order valence-electron chi connectivity index (χ1n) is 6.69. The summed E-state index contributed by atoms with van der Waals surface area (Å²) < 4.78 is 0. The van der Waals surface area contributed by atoms with Crippen LogP contribution in [0.4, 0.5) is 5.69 Å². The van der Waals surface area contributed by atoms with Crippen LogP contribution in [-0.4, -0.2) is 17.6 Å². The summed E-state index contributed by atoms with van der Waals surface area (Å²) in [6.45, 7) is 2.89. The number of carboxylic acids is 1. The van der Waals surface area contributed by atoms with Crippen LogP contribution in [0.3, 0.4) is 0 Å². The molecule has 0 atom stereocenters. The molecule has 0 spiro atoms. The lowest BCUT2D eigenvalue weighted by Gasteiger charge is -2.16. The molecule has 2 N–H and O–H groups in total. The average Bonchev–Trinajstić information content (AvgIpc) is 3.17. The van der Waals surface area contributed by atoms with Crippen molar-refractivity contribution in [2.75, 3.05) is 11.9 Å². The van der Waals surface area contributed by atoms with Crippen molar-refractivity contribution in [3.63, 3.8) is 0 Å². The molecule has 2 aliphatic carbocycles. The quantitative estimate of drug-likeness (QED) is 0.836. The SMILES string of the molecule is Cc1cc(NCC2(C3CC3)CC2)ccc1C(=O)O. The molecule has 0 amide bonds. The van der Waals surface area contributed by atoms with E-state index < -0.39 is 5.97 Å². The van der Waals surface area contributed by atoms with E-state index in [-0.39, 0.29) is 0 Å². The van der Waals surface area contributed by atoms with Crippen molar-refractivity contribution >= 4 is 11.7 Å². The topological polar surface area (TPSA) is 49.3 Å². The number of benzene rings is 1. The monoisotopic (exact) mass is 245 g/mol. The average molecular weight is 245 g/mol. The molecular formula is C15H19NO2. The van der Waals surface area contributed by atoms with Crippen LogP contribution in [0.15, 0.2) is 18.2 Å². The first kappa shape index (κ1) is 11.6. The Labute approximate surface area is 107 Å². The van der Waals surface area contributed by atoms with Crippen LogP contribution in [0, 0.1) is 18.3 Å². The second kappa shape index (κ2) is 4.01. The van der Waals surface area contributed by atoms with Gasteiger partial charge in [-0.3, -0.25) is 0 Å². The summed E-state index contributed by atoms with van der Waals surface area (Å²) in [6.07, 6.45) is 5.52. The molecule has 96 valence electrons. The number of carboxylic acid groups (broad SMARTS) is 1. The number of hydrogen-bond acceptors (Lipinski definition) is 2. The maximum atomic E-state index is 10.9. The Balaban J connectivity index is 1.66. The van der Waals surface area contributed by atoms with Gasteiger partial charge in [0, 0.05) is 12.2 Å². The van der Waals surface area contributed by atoms with Gasteiger partial charge in [-0.05, 0) is 67.7 Å². The van der Waals surface area contributed by atoms with Crippen molar-refractivity contribution in [2.24, 2.45) is 11.3 Å². The number of aromatic carboxylic acids is 1. The van der Waals surface area contributed by atoms with Gasteiger partial charge in [0.05, 0.1) is 5.56 Å². The molecule has 2 aliphatic rings. The van der Waals surface area contributed by atoms with E-state index in [0.29, 0.717) is 11.0 Å². The molecule has 1 aromatic rings. The van der Waals surface area contributed by atoms with Crippen molar-refractivity contribution in [3.8, 4) is 0 Å². The van der Waals surface area contributed by atoms with Crippen molar-refractivity contribution in [1.82, 2.24) is 0 Å². The van der Waals surface area contributed by atoms with Crippen molar-refractivity contribution in [3.05, 3.63) is 29.3 Å². The summed E-state index contributed by atoms with van der Waals surface area (Å²) in [5.74, 6) is 0.0973. The number of carbonyl (C=O) groups is 1. The predicted molar refractivity (Wildman–Crippen MR) is 71.0 cm³/mol. The number of anilines is 1. The van der Waals surface area contributed by atoms with Crippen LogP contribution in [0.5, 0.6) is 0 Å². The van der Waals surface area contributed by atoms with Gasteiger partial charge in [-0.2, -0.15) is 0 Å². The zero-order chi connectivity index (χ0) is 12.8. The van der Waals surface area contributed by atoms with Crippen LogP contribution < -0.4 is 5.32 Å². The largest absolute Gasteiger partial charge is 0.478 e. The second-order valence-corrected chi connectivity index (χ2v) is 5.83. The van der Waals surface area contributed by atoms with Crippen LogP contribution in [-0.2, 0) is 0 Å². The lowest BCUT2D eigenvalue weighted by molar-refractivity contribution is 0.0696. The van der Waals surface area contributed by atoms with Gasteiger partial charge in [-0.1, -0.05) is 0 Å². The lowest BCUT2D eigenvalue weighted by atomic mass is 10.0. The standard InChI is InChI=1S/C15H19NO2/c1-10-8-12(4-5-13(10)14(17)18)16-9-15(6-7-15)11-2-3-11/h4-5,8,11,16H,2-3,6-7,9H2,1H3,(H,17,18). The fourth-order valence-electron chi connectivity index (χ4n) is 2.88. The van der Waals surface area contributed by atoms with Crippen LogP contribution >= 0.6 is 0 Å². The molecule has 1 aromatic carbocycles. The van der Waals surface area contributed by atoms with E-state index in [1.54, 1.807) is 6.07 Å². The smallest absolute Gasteiger partial charge is 0.335 e. The summed E-state index contributed by atoms with van der Waals surface area (Å²) in [6, 6.07) is 5.50. The van der Waals surface area contributed by atoms with Crippen LogP contribution in [0.1, 0.15) is 41.6 Å². The normalized spacial score (nSPS) is 20.5. The molecule has 0 aromatic heterocycles. The highest BCUT2D eigenvalue weighted by atomic mass is 16.4. The van der Waals surface area contributed by atoms with Crippen LogP contribution in [0.25, 0.3) is 0 Å². The summed E-state index contributed by atoms with van der Waals surface area (Å²) in [7, 11) is 0. The van der Waals surface area contributed by atoms with E-state index in [9.17, 15) is 4.79 Å². The summed E-state index contributed by atoms with van der Waals surface area (Å²) in [5.41, 5.74) is 2.83. The molecule has 0 bridgehead atoms. The minimum atomic E-state index is -0.851. The Bertz CT molecular complexity index is 487. The molecule has 3 heteroatoms. The van der Waals surface area contributed by atoms with Crippen LogP contribution in [0.2, 0.25) is 0 Å². The van der Waals surface area contributed by atoms with Crippen molar-refractivity contribution in [1.29, 1.82) is 0 Å². The van der Waals surface area contributed by atoms with Crippen molar-refractivity contribution < 1.29 is 9.90 Å². The fraction of sp³-hybridized carbons (Fsp3) is 0.533. The zero-order valence-electron chi connectivity index (χ0n) is 10.7. The Kier molecular flexibility index (Phi) is 2.58. The van der Waals surface area contributed by atoms with E-state index in [1.807, 2.05) is 19.1 Å². The Hall–Kier alpha value is -1.51. The lowest BCUT2D eigenvalue weighted by Crippen LogP contribution is -2.17. The number of aryl methyl sites for hydroxylation is 1. The van der Waals surface area contributed by atoms with Gasteiger partial charge in [-0.15, -0.1) is 0 Å². The highest BCUT2D eigenvalue weighted by molar-refractivity contribution is 5.89. The molecule has 3 rings (SSSR count). The number of hydrogen-bond donors (Lipinski definition) is 2.